The fourth-order valence-electron chi connectivity index (χ4n) is 2.32. The Bertz CT molecular complexity index is 647. The smallest absolute Gasteiger partial charge is 0.293 e. The van der Waals surface area contributed by atoms with E-state index in [0.717, 1.165) is 9.31 Å². The van der Waals surface area contributed by atoms with Crippen LogP contribution < -0.4 is 0 Å². The number of sulfonamides is 1. The predicted octanol–water partition coefficient (Wildman–Crippen LogP) is 2.42. The molecule has 0 aromatic carbocycles. The minimum Gasteiger partial charge on any atom is -0.293 e. The van der Waals surface area contributed by atoms with E-state index in [1.165, 1.54) is 18.3 Å². The number of thiazole rings is 1. The molecule has 0 atom stereocenters. The first-order valence-corrected chi connectivity index (χ1v) is 9.08. The standard InChI is InChI=1S/C12H15F3N2O3S2/c1-8(18)10-6-21-11(16-10)9-2-4-17(5-3-9)22(19,20)7-12(13,14)15/h6,9H,2-5,7H2,1H3. The van der Waals surface area contributed by atoms with Gasteiger partial charge in [0.1, 0.15) is 5.69 Å². The van der Waals surface area contributed by atoms with Crippen LogP contribution in [0.15, 0.2) is 5.38 Å². The third kappa shape index (κ3) is 4.26. The molecule has 0 unspecified atom stereocenters. The molecule has 22 heavy (non-hydrogen) atoms. The molecule has 10 heteroatoms. The summed E-state index contributed by atoms with van der Waals surface area (Å²) in [5.41, 5.74) is 0.368. The van der Waals surface area contributed by atoms with Crippen LogP contribution in [0.5, 0.6) is 0 Å². The van der Waals surface area contributed by atoms with Gasteiger partial charge in [-0.1, -0.05) is 0 Å². The van der Waals surface area contributed by atoms with Crippen molar-refractivity contribution < 1.29 is 26.4 Å². The van der Waals surface area contributed by atoms with Gasteiger partial charge in [-0.15, -0.1) is 11.3 Å². The molecule has 2 heterocycles. The van der Waals surface area contributed by atoms with Crippen LogP contribution in [-0.2, 0) is 10.0 Å². The second-order valence-corrected chi connectivity index (χ2v) is 8.03. The Balaban J connectivity index is 1.99. The molecule has 124 valence electrons. The number of hydrogen-bond acceptors (Lipinski definition) is 5. The van der Waals surface area contributed by atoms with Gasteiger partial charge in [0.05, 0.1) is 5.01 Å². The number of Topliss-reactive ketones (excluding diaryl/α,β-unsaturated/α-hetero) is 1. The minimum absolute atomic E-state index is 0.0181. The van der Waals surface area contributed by atoms with Crippen LogP contribution in [0.1, 0.15) is 41.2 Å². The number of carbonyl (C=O) groups is 1. The van der Waals surface area contributed by atoms with E-state index in [1.807, 2.05) is 0 Å². The summed E-state index contributed by atoms with van der Waals surface area (Å²) >= 11 is 1.32. The van der Waals surface area contributed by atoms with Gasteiger partial charge in [-0.3, -0.25) is 4.79 Å². The van der Waals surface area contributed by atoms with E-state index in [1.54, 1.807) is 5.38 Å². The average Bonchev–Trinajstić information content (AvgIpc) is 2.85. The van der Waals surface area contributed by atoms with Crippen molar-refractivity contribution in [2.75, 3.05) is 18.8 Å². The molecule has 1 aromatic rings. The van der Waals surface area contributed by atoms with E-state index in [9.17, 15) is 26.4 Å². The zero-order chi connectivity index (χ0) is 16.5. The highest BCUT2D eigenvalue weighted by molar-refractivity contribution is 7.89. The summed E-state index contributed by atoms with van der Waals surface area (Å²) in [7, 11) is -4.32. The Morgan fingerprint density at radius 1 is 1.41 bits per heavy atom. The molecule has 0 N–H and O–H groups in total. The molecule has 1 fully saturated rings. The molecule has 5 nitrogen and oxygen atoms in total. The van der Waals surface area contributed by atoms with E-state index in [2.05, 4.69) is 4.98 Å². The zero-order valence-corrected chi connectivity index (χ0v) is 13.4. The normalized spacial score (nSPS) is 18.5. The summed E-state index contributed by atoms with van der Waals surface area (Å²) < 4.78 is 61.1. The van der Waals surface area contributed by atoms with Gasteiger partial charge >= 0.3 is 6.18 Å². The zero-order valence-electron chi connectivity index (χ0n) is 11.8. The molecular formula is C12H15F3N2O3S2. The number of alkyl halides is 3. The van der Waals surface area contributed by atoms with Crippen LogP contribution in [-0.4, -0.2) is 48.5 Å². The van der Waals surface area contributed by atoms with Gasteiger partial charge < -0.3 is 0 Å². The van der Waals surface area contributed by atoms with Gasteiger partial charge in [0.25, 0.3) is 0 Å². The molecule has 0 radical (unpaired) electrons. The fraction of sp³-hybridized carbons (Fsp3) is 0.667. The number of rotatable bonds is 4. The van der Waals surface area contributed by atoms with E-state index in [0.29, 0.717) is 18.5 Å². The first-order chi connectivity index (χ1) is 10.1. The van der Waals surface area contributed by atoms with Gasteiger partial charge in [0.2, 0.25) is 10.0 Å². The lowest BCUT2D eigenvalue weighted by atomic mass is 9.99. The lowest BCUT2D eigenvalue weighted by Gasteiger charge is -2.30. The van der Waals surface area contributed by atoms with Crippen LogP contribution in [0.2, 0.25) is 0 Å². The molecule has 0 aliphatic carbocycles. The lowest BCUT2D eigenvalue weighted by molar-refractivity contribution is -0.107. The largest absolute Gasteiger partial charge is 0.404 e. The quantitative estimate of drug-likeness (QED) is 0.777. The molecule has 2 rings (SSSR count). The second kappa shape index (κ2) is 6.25. The summed E-state index contributed by atoms with van der Waals surface area (Å²) in [6.45, 7) is 1.49. The Hall–Kier alpha value is -1.00. The maximum Gasteiger partial charge on any atom is 0.404 e. The number of piperidine rings is 1. The Labute approximate surface area is 130 Å². The lowest BCUT2D eigenvalue weighted by Crippen LogP contribution is -2.42. The summed E-state index contributed by atoms with van der Waals surface area (Å²) in [6, 6.07) is 0. The van der Waals surface area contributed by atoms with Crippen LogP contribution in [0.25, 0.3) is 0 Å². The molecule has 0 amide bonds. The predicted molar refractivity (Wildman–Crippen MR) is 75.5 cm³/mol. The van der Waals surface area contributed by atoms with Gasteiger partial charge in [-0.2, -0.15) is 13.2 Å². The average molecular weight is 356 g/mol. The molecule has 1 aliphatic heterocycles. The number of hydrogen-bond donors (Lipinski definition) is 0. The highest BCUT2D eigenvalue weighted by Gasteiger charge is 2.39. The monoisotopic (exact) mass is 356 g/mol. The first-order valence-electron chi connectivity index (χ1n) is 6.59. The topological polar surface area (TPSA) is 67.3 Å². The minimum atomic E-state index is -4.73. The summed E-state index contributed by atoms with van der Waals surface area (Å²) in [5, 5.41) is 2.38. The first kappa shape index (κ1) is 17.4. The Kier molecular flexibility index (Phi) is 4.93. The molecule has 1 saturated heterocycles. The fourth-order valence-corrected chi connectivity index (χ4v) is 4.71. The maximum absolute atomic E-state index is 12.3. The molecule has 1 aromatic heterocycles. The molecule has 1 aliphatic rings. The highest BCUT2D eigenvalue weighted by atomic mass is 32.2. The molecule has 0 bridgehead atoms. The summed E-state index contributed by atoms with van der Waals surface area (Å²) in [4.78, 5) is 15.4. The number of carbonyl (C=O) groups excluding carboxylic acids is 1. The van der Waals surface area contributed by atoms with Gasteiger partial charge in [-0.25, -0.2) is 17.7 Å². The van der Waals surface area contributed by atoms with Crippen molar-refractivity contribution in [1.82, 2.24) is 9.29 Å². The van der Waals surface area contributed by atoms with Crippen molar-refractivity contribution in [3.05, 3.63) is 16.1 Å². The van der Waals surface area contributed by atoms with Crippen LogP contribution >= 0.6 is 11.3 Å². The van der Waals surface area contributed by atoms with E-state index < -0.39 is 22.0 Å². The van der Waals surface area contributed by atoms with E-state index >= 15 is 0 Å². The number of nitrogens with zero attached hydrogens (tertiary/aromatic N) is 2. The molecule has 0 spiro atoms. The van der Waals surface area contributed by atoms with E-state index in [4.69, 9.17) is 0 Å². The highest BCUT2D eigenvalue weighted by Crippen LogP contribution is 2.32. The SMILES string of the molecule is CC(=O)c1csc(C2CCN(S(=O)(=O)CC(F)(F)F)CC2)n1. The number of ketones is 1. The summed E-state index contributed by atoms with van der Waals surface area (Å²) in [6.07, 6.45) is -3.93. The molecule has 0 saturated carbocycles. The van der Waals surface area contributed by atoms with Crippen molar-refractivity contribution >= 4 is 27.1 Å². The Morgan fingerprint density at radius 3 is 2.45 bits per heavy atom. The van der Waals surface area contributed by atoms with Crippen molar-refractivity contribution in [1.29, 1.82) is 0 Å². The van der Waals surface area contributed by atoms with E-state index in [-0.39, 0.29) is 24.8 Å². The summed E-state index contributed by atoms with van der Waals surface area (Å²) in [5.74, 6) is -1.99. The van der Waals surface area contributed by atoms with Gasteiger partial charge in [-0.05, 0) is 12.8 Å². The number of halogens is 3. The number of aromatic nitrogens is 1. The third-order valence-electron chi connectivity index (χ3n) is 3.43. The second-order valence-electron chi connectivity index (χ2n) is 5.17. The van der Waals surface area contributed by atoms with Crippen molar-refractivity contribution in [3.63, 3.8) is 0 Å². The third-order valence-corrected chi connectivity index (χ3v) is 6.28. The van der Waals surface area contributed by atoms with Crippen LogP contribution in [0.4, 0.5) is 13.2 Å². The van der Waals surface area contributed by atoms with Gasteiger partial charge in [0.15, 0.2) is 11.5 Å². The molecular weight excluding hydrogens is 341 g/mol. The maximum atomic E-state index is 12.3. The Morgan fingerprint density at radius 2 is 2.00 bits per heavy atom. The van der Waals surface area contributed by atoms with Crippen LogP contribution in [0.3, 0.4) is 0 Å². The van der Waals surface area contributed by atoms with Crippen molar-refractivity contribution in [2.24, 2.45) is 0 Å². The van der Waals surface area contributed by atoms with Crippen molar-refractivity contribution in [3.8, 4) is 0 Å². The van der Waals surface area contributed by atoms with Crippen LogP contribution in [0, 0.1) is 0 Å². The van der Waals surface area contributed by atoms with Crippen molar-refractivity contribution in [2.45, 2.75) is 31.9 Å². The van der Waals surface area contributed by atoms with Gasteiger partial charge in [0, 0.05) is 31.3 Å².